The SMILES string of the molecule is COc1cc(OC)c(CSCO[C@@H]2C[C@H](n3cc(C)c(=O)[nH]c3=O)O[C@@H]2COP(=O)(O)OP(=O)(O)OP(=O)(O)O)c(OC)c1. The highest BCUT2D eigenvalue weighted by atomic mass is 32.2. The molecule has 0 saturated carbocycles. The summed E-state index contributed by atoms with van der Waals surface area (Å²) in [4.78, 5) is 63.1. The second-order valence-electron chi connectivity index (χ2n) is 8.91. The van der Waals surface area contributed by atoms with Gasteiger partial charge in [0.25, 0.3) is 5.56 Å². The predicted octanol–water partition coefficient (Wildman–Crippen LogP) is 1.78. The van der Waals surface area contributed by atoms with Gasteiger partial charge in [-0.25, -0.2) is 18.5 Å². The van der Waals surface area contributed by atoms with Crippen molar-refractivity contribution in [2.24, 2.45) is 0 Å². The van der Waals surface area contributed by atoms with Crippen LogP contribution in [-0.4, -0.2) is 75.2 Å². The van der Waals surface area contributed by atoms with E-state index < -0.39 is 59.8 Å². The number of hydrogen-bond acceptors (Lipinski definition) is 14. The first-order valence-electron chi connectivity index (χ1n) is 12.2. The average molecular weight is 708 g/mol. The van der Waals surface area contributed by atoms with Gasteiger partial charge in [0.05, 0.1) is 40.0 Å². The van der Waals surface area contributed by atoms with Gasteiger partial charge in [-0.1, -0.05) is 0 Å². The van der Waals surface area contributed by atoms with E-state index in [1.54, 1.807) is 12.1 Å². The standard InChI is InChI=1S/C21H31N2O17P3S/c1-12-8-23(21(25)22-20(12)24)19-7-17(18(38-19)9-37-42(29,30)40-43(31,32)39-41(26,27)28)36-11-44-10-14-15(34-3)5-13(33-2)6-16(14)35-4/h5-6,8,17-19H,7,9-11H2,1-4H3,(H,29,30)(H,31,32)(H,22,24,25)(H2,26,27,28)/t17-,18-,19-/m1/s1. The molecule has 2 unspecified atom stereocenters. The number of aromatic amines is 1. The van der Waals surface area contributed by atoms with Crippen molar-refractivity contribution in [3.8, 4) is 17.2 Å². The highest BCUT2D eigenvalue weighted by molar-refractivity contribution is 7.98. The number of nitrogens with zero attached hydrogens (tertiary/aromatic N) is 1. The molecule has 5 N–H and O–H groups in total. The number of H-pyrrole nitrogens is 1. The molecule has 19 nitrogen and oxygen atoms in total. The first kappa shape index (κ1) is 36.4. The molecule has 0 bridgehead atoms. The zero-order chi connectivity index (χ0) is 32.9. The first-order valence-corrected chi connectivity index (χ1v) is 17.9. The van der Waals surface area contributed by atoms with Crippen LogP contribution in [0.3, 0.4) is 0 Å². The van der Waals surface area contributed by atoms with Gasteiger partial charge in [0.15, 0.2) is 0 Å². The van der Waals surface area contributed by atoms with Crippen LogP contribution in [0.4, 0.5) is 0 Å². The average Bonchev–Trinajstić information content (AvgIpc) is 3.32. The molecule has 3 rings (SSSR count). The summed E-state index contributed by atoms with van der Waals surface area (Å²) < 4.78 is 75.9. The van der Waals surface area contributed by atoms with Gasteiger partial charge in [-0.3, -0.25) is 18.9 Å². The maximum atomic E-state index is 12.4. The van der Waals surface area contributed by atoms with Crippen molar-refractivity contribution in [1.82, 2.24) is 9.55 Å². The third kappa shape index (κ3) is 10.3. The van der Waals surface area contributed by atoms with Crippen molar-refractivity contribution < 1.29 is 70.1 Å². The predicted molar refractivity (Wildman–Crippen MR) is 152 cm³/mol. The number of aromatic nitrogens is 2. The van der Waals surface area contributed by atoms with E-state index in [-0.39, 0.29) is 17.9 Å². The third-order valence-corrected chi connectivity index (χ3v) is 10.5. The molecule has 0 spiro atoms. The van der Waals surface area contributed by atoms with Crippen LogP contribution >= 0.6 is 35.2 Å². The fraction of sp³-hybridized carbons (Fsp3) is 0.524. The lowest BCUT2D eigenvalue weighted by molar-refractivity contribution is -0.0544. The van der Waals surface area contributed by atoms with E-state index >= 15 is 0 Å². The fourth-order valence-corrected chi connectivity index (χ4v) is 7.84. The lowest BCUT2D eigenvalue weighted by Crippen LogP contribution is -2.33. The van der Waals surface area contributed by atoms with Gasteiger partial charge in [-0.2, -0.15) is 8.62 Å². The van der Waals surface area contributed by atoms with Crippen LogP contribution in [-0.2, 0) is 42.1 Å². The normalized spacial score (nSPS) is 21.4. The highest BCUT2D eigenvalue weighted by Crippen LogP contribution is 2.66. The number of benzene rings is 1. The molecule has 44 heavy (non-hydrogen) atoms. The minimum Gasteiger partial charge on any atom is -0.496 e. The topological polar surface area (TPSA) is 261 Å². The Labute approximate surface area is 253 Å². The Morgan fingerprint density at radius 3 is 2.20 bits per heavy atom. The van der Waals surface area contributed by atoms with Crippen molar-refractivity contribution in [1.29, 1.82) is 0 Å². The molecule has 0 radical (unpaired) electrons. The van der Waals surface area contributed by atoms with Gasteiger partial charge in [-0.15, -0.1) is 11.8 Å². The molecule has 5 atom stereocenters. The third-order valence-electron chi connectivity index (χ3n) is 5.88. The summed E-state index contributed by atoms with van der Waals surface area (Å²) in [6.07, 6.45) is -1.88. The van der Waals surface area contributed by atoms with E-state index in [9.17, 15) is 33.1 Å². The number of methoxy groups -OCH3 is 3. The molecule has 23 heteroatoms. The van der Waals surface area contributed by atoms with Crippen LogP contribution < -0.4 is 25.5 Å². The van der Waals surface area contributed by atoms with E-state index in [2.05, 4.69) is 13.6 Å². The largest absolute Gasteiger partial charge is 0.496 e. The molecule has 1 saturated heterocycles. The summed E-state index contributed by atoms with van der Waals surface area (Å²) >= 11 is 1.28. The van der Waals surface area contributed by atoms with Crippen molar-refractivity contribution in [2.45, 2.75) is 37.5 Å². The fourth-order valence-electron chi connectivity index (χ4n) is 3.97. The van der Waals surface area contributed by atoms with Gasteiger partial charge in [0.1, 0.15) is 29.6 Å². The van der Waals surface area contributed by atoms with Crippen LogP contribution in [0.5, 0.6) is 17.2 Å². The summed E-state index contributed by atoms with van der Waals surface area (Å²) in [5, 5.41) is 0. The summed E-state index contributed by atoms with van der Waals surface area (Å²) in [6.45, 7) is 0.648. The van der Waals surface area contributed by atoms with Crippen LogP contribution in [0.2, 0.25) is 0 Å². The van der Waals surface area contributed by atoms with Crippen molar-refractivity contribution >= 4 is 35.2 Å². The van der Waals surface area contributed by atoms with E-state index in [0.29, 0.717) is 28.6 Å². The lowest BCUT2D eigenvalue weighted by Gasteiger charge is -2.21. The first-order chi connectivity index (χ1) is 20.5. The molecule has 1 aromatic carbocycles. The van der Waals surface area contributed by atoms with Crippen molar-refractivity contribution in [2.75, 3.05) is 33.9 Å². The van der Waals surface area contributed by atoms with Crippen LogP contribution in [0.15, 0.2) is 27.9 Å². The number of phosphoric acid groups is 3. The molecule has 0 aliphatic carbocycles. The number of thioether (sulfide) groups is 1. The molecule has 1 fully saturated rings. The molecule has 0 amide bonds. The number of rotatable bonds is 16. The van der Waals surface area contributed by atoms with Gasteiger partial charge in [-0.05, 0) is 6.92 Å². The molecular weight excluding hydrogens is 677 g/mol. The number of ether oxygens (including phenoxy) is 5. The van der Waals surface area contributed by atoms with Crippen LogP contribution in [0.25, 0.3) is 0 Å². The van der Waals surface area contributed by atoms with Crippen LogP contribution in [0, 0.1) is 6.92 Å². The zero-order valence-corrected chi connectivity index (χ0v) is 27.1. The Balaban J connectivity index is 1.74. The second kappa shape index (κ2) is 15.0. The minimum atomic E-state index is -5.74. The summed E-state index contributed by atoms with van der Waals surface area (Å²) in [7, 11) is -12.3. The Kier molecular flexibility index (Phi) is 12.5. The molecule has 1 aromatic heterocycles. The quantitative estimate of drug-likeness (QED) is 0.0945. The lowest BCUT2D eigenvalue weighted by atomic mass is 10.2. The maximum Gasteiger partial charge on any atom is 0.490 e. The molecular formula is C21H31N2O17P3S. The smallest absolute Gasteiger partial charge is 0.490 e. The van der Waals surface area contributed by atoms with Gasteiger partial charge < -0.3 is 43.3 Å². The molecule has 2 aromatic rings. The number of nitrogens with one attached hydrogen (secondary N) is 1. The van der Waals surface area contributed by atoms with E-state index in [4.69, 9.17) is 38.0 Å². The van der Waals surface area contributed by atoms with Gasteiger partial charge >= 0.3 is 29.2 Å². The molecule has 248 valence electrons. The van der Waals surface area contributed by atoms with Gasteiger partial charge in [0, 0.05) is 41.6 Å². The monoisotopic (exact) mass is 708 g/mol. The van der Waals surface area contributed by atoms with Crippen molar-refractivity contribution in [3.63, 3.8) is 0 Å². The summed E-state index contributed by atoms with van der Waals surface area (Å²) in [6, 6.07) is 3.36. The van der Waals surface area contributed by atoms with E-state index in [1.807, 2.05) is 0 Å². The maximum absolute atomic E-state index is 12.4. The summed E-state index contributed by atoms with van der Waals surface area (Å²) in [5.41, 5.74) is -0.516. The van der Waals surface area contributed by atoms with E-state index in [0.717, 1.165) is 4.57 Å². The number of phosphoric ester groups is 1. The summed E-state index contributed by atoms with van der Waals surface area (Å²) in [5.74, 6) is 1.88. The number of hydrogen-bond donors (Lipinski definition) is 5. The molecule has 1 aliphatic heterocycles. The second-order valence-corrected chi connectivity index (χ2v) is 14.3. The zero-order valence-electron chi connectivity index (χ0n) is 23.6. The highest BCUT2D eigenvalue weighted by Gasteiger charge is 2.43. The van der Waals surface area contributed by atoms with Crippen LogP contribution in [0.1, 0.15) is 23.8 Å². The molecule has 1 aliphatic rings. The van der Waals surface area contributed by atoms with Crippen molar-refractivity contribution in [3.05, 3.63) is 50.3 Å². The van der Waals surface area contributed by atoms with E-state index in [1.165, 1.54) is 46.2 Å². The Morgan fingerprint density at radius 1 is 1.00 bits per heavy atom. The molecule has 2 heterocycles. The minimum absolute atomic E-state index is 0.00838. The Morgan fingerprint density at radius 2 is 1.64 bits per heavy atom. The Hall–Kier alpha value is -2.02. The Bertz CT molecular complexity index is 1550. The van der Waals surface area contributed by atoms with Gasteiger partial charge in [0.2, 0.25) is 0 Å². The number of aryl methyl sites for hydroxylation is 1.